The maximum atomic E-state index is 0. The molecule has 0 saturated carbocycles. The largest absolute Gasteiger partial charge is 3.00 e. The van der Waals surface area contributed by atoms with Crippen LogP contribution in [0.5, 0.6) is 0 Å². The maximum Gasteiger partial charge on any atom is 3.00 e. The number of halogens is 3. The Morgan fingerprint density at radius 2 is 0.500 bits per heavy atom. The van der Waals surface area contributed by atoms with E-state index in [0.717, 1.165) is 0 Å². The van der Waals surface area contributed by atoms with Gasteiger partial charge in [-0.15, -0.1) is 0 Å². The van der Waals surface area contributed by atoms with Crippen LogP contribution in [0.4, 0.5) is 0 Å². The van der Waals surface area contributed by atoms with Gasteiger partial charge >= 0.3 is 17.1 Å². The van der Waals surface area contributed by atoms with E-state index in [1.807, 2.05) is 0 Å². The zero-order chi connectivity index (χ0) is 0. The Morgan fingerprint density at radius 3 is 0.500 bits per heavy atom. The first-order valence-corrected chi connectivity index (χ1v) is 0. The second kappa shape index (κ2) is 104. The summed E-state index contributed by atoms with van der Waals surface area (Å²) < 4.78 is 0. The van der Waals surface area contributed by atoms with Gasteiger partial charge in [0.25, 0.3) is 0 Å². The first kappa shape index (κ1) is 170. The summed E-state index contributed by atoms with van der Waals surface area (Å²) >= 11 is 0. The first-order valence-electron chi connectivity index (χ1n) is 0. The molecule has 0 atom stereocenters. The Kier molecular flexibility index (Phi) is 2930. The molecule has 0 aliphatic carbocycles. The Labute approximate surface area is 65.4 Å². The molecule has 0 aliphatic heterocycles. The molecule has 6 heavy (non-hydrogen) atoms. The van der Waals surface area contributed by atoms with Crippen molar-refractivity contribution < 1.29 is 65.2 Å². The molecule has 0 aromatic rings. The van der Waals surface area contributed by atoms with Crippen LogP contribution in [-0.4, -0.2) is 11.0 Å². The Morgan fingerprint density at radius 1 is 0.500 bits per heavy atom. The summed E-state index contributed by atoms with van der Waals surface area (Å²) in [6.45, 7) is 0. The molecule has 1 radical (unpaired) electrons. The van der Waals surface area contributed by atoms with E-state index in [0.29, 0.717) is 0 Å². The topological polar surface area (TPSA) is 63.0 Å². The van der Waals surface area contributed by atoms with E-state index < -0.39 is 0 Å². The van der Waals surface area contributed by atoms with Crippen molar-refractivity contribution in [2.75, 3.05) is 0 Å². The first-order chi connectivity index (χ1) is 0. The van der Waals surface area contributed by atoms with Crippen molar-refractivity contribution in [1.82, 2.24) is 0 Å². The minimum absolute atomic E-state index is 0. The molecule has 2 nitrogen and oxygen atoms in total. The van der Waals surface area contributed by atoms with Crippen molar-refractivity contribution in [3.63, 3.8) is 0 Å². The Balaban J connectivity index is 0. The van der Waals surface area contributed by atoms with Crippen LogP contribution in [0, 0.1) is 0 Å². The van der Waals surface area contributed by atoms with Gasteiger partial charge in [-0.1, -0.05) is 0 Å². The predicted molar refractivity (Wildman–Crippen MR) is 7.23 cm³/mol. The number of hydrogen-bond donors (Lipinski definition) is 0. The summed E-state index contributed by atoms with van der Waals surface area (Å²) in [4.78, 5) is 0. The molecule has 6 heteroatoms. The van der Waals surface area contributed by atoms with Crippen LogP contribution in [0.1, 0.15) is 0 Å². The standard InChI is InChI=1S/3ClH.Fe.2H2O/h3*1H;;2*1H2/q;;;+3;;/p-3. The smallest absolute Gasteiger partial charge is 1.00 e. The van der Waals surface area contributed by atoms with E-state index >= 15 is 0 Å². The fourth-order valence-corrected chi connectivity index (χ4v) is 0. The molecule has 0 unspecified atom stereocenters. The van der Waals surface area contributed by atoms with Crippen molar-refractivity contribution in [1.29, 1.82) is 0 Å². The third-order valence-corrected chi connectivity index (χ3v) is 0. The zero-order valence-corrected chi connectivity index (χ0v) is 5.86. The van der Waals surface area contributed by atoms with Gasteiger partial charge in [0.1, 0.15) is 0 Å². The summed E-state index contributed by atoms with van der Waals surface area (Å²) in [6.07, 6.45) is 0. The zero-order valence-electron chi connectivity index (χ0n) is 2.49. The molecule has 0 aliphatic rings. The summed E-state index contributed by atoms with van der Waals surface area (Å²) in [6, 6.07) is 0. The van der Waals surface area contributed by atoms with Gasteiger partial charge in [-0.2, -0.15) is 0 Å². The van der Waals surface area contributed by atoms with Gasteiger partial charge in [-0.25, -0.2) is 0 Å². The maximum absolute atomic E-state index is 0. The molecule has 0 fully saturated rings. The minimum Gasteiger partial charge on any atom is -1.00 e. The minimum atomic E-state index is 0. The summed E-state index contributed by atoms with van der Waals surface area (Å²) in [5, 5.41) is 0. The van der Waals surface area contributed by atoms with Gasteiger partial charge in [0.2, 0.25) is 0 Å². The monoisotopic (exact) mass is 197 g/mol. The predicted octanol–water partition coefficient (Wildman–Crippen LogP) is -10.6. The second-order valence-electron chi connectivity index (χ2n) is 0. The molecule has 0 bridgehead atoms. The van der Waals surface area contributed by atoms with Gasteiger partial charge in [-0.05, 0) is 0 Å². The van der Waals surface area contributed by atoms with Crippen molar-refractivity contribution in [2.45, 2.75) is 0 Å². The van der Waals surface area contributed by atoms with E-state index in [-0.39, 0.29) is 65.2 Å². The van der Waals surface area contributed by atoms with Crippen LogP contribution in [0.25, 0.3) is 0 Å². The quantitative estimate of drug-likeness (QED) is 0.347. The second-order valence-corrected chi connectivity index (χ2v) is 0. The molecule has 0 heterocycles. The van der Waals surface area contributed by atoms with Gasteiger partial charge in [-0.3, -0.25) is 0 Å². The van der Waals surface area contributed by atoms with Crippen LogP contribution in [0.2, 0.25) is 0 Å². The van der Waals surface area contributed by atoms with E-state index in [2.05, 4.69) is 0 Å². The normalized spacial score (nSPS) is 0. The molecule has 0 rings (SSSR count). The van der Waals surface area contributed by atoms with Crippen LogP contribution in [0.3, 0.4) is 0 Å². The third-order valence-electron chi connectivity index (χ3n) is 0. The summed E-state index contributed by atoms with van der Waals surface area (Å²) in [5.41, 5.74) is 0. The van der Waals surface area contributed by atoms with E-state index in [9.17, 15) is 0 Å². The van der Waals surface area contributed by atoms with Crippen molar-refractivity contribution in [3.05, 3.63) is 0 Å². The molecule has 0 saturated heterocycles. The van der Waals surface area contributed by atoms with Crippen LogP contribution in [-0.2, 0) is 17.1 Å². The van der Waals surface area contributed by atoms with Crippen molar-refractivity contribution in [2.24, 2.45) is 0 Å². The third kappa shape index (κ3) is 57.5. The molecule has 0 aromatic carbocycles. The molecular weight excluding hydrogens is 194 g/mol. The molecule has 45 valence electrons. The van der Waals surface area contributed by atoms with Crippen LogP contribution in [0.15, 0.2) is 0 Å². The summed E-state index contributed by atoms with van der Waals surface area (Å²) in [5.74, 6) is 0. The van der Waals surface area contributed by atoms with Crippen LogP contribution < -0.4 is 37.2 Å². The fraction of sp³-hybridized carbons (Fsp3) is 0. The SMILES string of the molecule is O.O.[Cl-].[Cl-].[Cl-].[Fe+3]. The number of rotatable bonds is 0. The Bertz CT molecular complexity index is 8.75. The van der Waals surface area contributed by atoms with E-state index in [1.165, 1.54) is 0 Å². The molecule has 0 amide bonds. The molecule has 0 aromatic heterocycles. The van der Waals surface area contributed by atoms with Gasteiger partial charge in [0.05, 0.1) is 0 Å². The van der Waals surface area contributed by atoms with Gasteiger partial charge in [0, 0.05) is 0 Å². The van der Waals surface area contributed by atoms with Crippen molar-refractivity contribution in [3.8, 4) is 0 Å². The average Bonchev–Trinajstić information content (AvgIpc) is 0. The molecular formula is H4Cl3FeO2. The van der Waals surface area contributed by atoms with E-state index in [4.69, 9.17) is 0 Å². The molecule has 4 N–H and O–H groups in total. The number of hydrogen-bond acceptors (Lipinski definition) is 0. The van der Waals surface area contributed by atoms with E-state index in [1.54, 1.807) is 0 Å². The van der Waals surface area contributed by atoms with Crippen LogP contribution >= 0.6 is 0 Å². The average molecular weight is 198 g/mol. The van der Waals surface area contributed by atoms with Crippen molar-refractivity contribution >= 4 is 0 Å². The Hall–Kier alpha value is 1.31. The van der Waals surface area contributed by atoms with Gasteiger partial charge in [0.15, 0.2) is 0 Å². The summed E-state index contributed by atoms with van der Waals surface area (Å²) in [7, 11) is 0. The fourth-order valence-electron chi connectivity index (χ4n) is 0. The van der Waals surface area contributed by atoms with Gasteiger partial charge < -0.3 is 48.2 Å². The molecule has 0 spiro atoms.